The molecule has 3 aromatic rings. The molecule has 0 aliphatic heterocycles. The van der Waals surface area contributed by atoms with Gasteiger partial charge in [-0.15, -0.1) is 0 Å². The van der Waals surface area contributed by atoms with Crippen LogP contribution in [0.4, 0.5) is 5.82 Å². The molecule has 0 aliphatic carbocycles. The van der Waals surface area contributed by atoms with Crippen molar-refractivity contribution in [3.63, 3.8) is 0 Å². The largest absolute Gasteiger partial charge is 0.495 e. The predicted molar refractivity (Wildman–Crippen MR) is 76.1 cm³/mol. The molecule has 5 heteroatoms. The number of nitrogen functional groups attached to an aromatic ring is 1. The van der Waals surface area contributed by atoms with Gasteiger partial charge in [-0.05, 0) is 18.2 Å². The molecule has 5 nitrogen and oxygen atoms in total. The van der Waals surface area contributed by atoms with Gasteiger partial charge in [-0.25, -0.2) is 0 Å². The van der Waals surface area contributed by atoms with Crippen LogP contribution in [0.25, 0.3) is 22.2 Å². The van der Waals surface area contributed by atoms with E-state index in [9.17, 15) is 0 Å². The van der Waals surface area contributed by atoms with Crippen LogP contribution in [0.5, 0.6) is 5.75 Å². The van der Waals surface area contributed by atoms with Gasteiger partial charge >= 0.3 is 0 Å². The standard InChI is InChI=1S/C14H16N4O/c1-17-7-6-10-9(4-5-12(19-3)14(10)17)11-8-13(15)18(2)16-11/h4-8H,15H2,1-3H3. The third-order valence-electron chi connectivity index (χ3n) is 3.41. The van der Waals surface area contributed by atoms with E-state index in [2.05, 4.69) is 11.2 Å². The highest BCUT2D eigenvalue weighted by Gasteiger charge is 2.13. The summed E-state index contributed by atoms with van der Waals surface area (Å²) in [6.07, 6.45) is 2.02. The number of fused-ring (bicyclic) bond motifs is 1. The van der Waals surface area contributed by atoms with Crippen molar-refractivity contribution in [1.29, 1.82) is 0 Å². The van der Waals surface area contributed by atoms with E-state index in [1.54, 1.807) is 11.8 Å². The summed E-state index contributed by atoms with van der Waals surface area (Å²) in [5.74, 6) is 1.50. The van der Waals surface area contributed by atoms with Crippen LogP contribution in [-0.4, -0.2) is 21.5 Å². The number of ether oxygens (including phenoxy) is 1. The van der Waals surface area contributed by atoms with Crippen LogP contribution in [-0.2, 0) is 14.1 Å². The van der Waals surface area contributed by atoms with Crippen LogP contribution >= 0.6 is 0 Å². The Morgan fingerprint density at radius 3 is 2.63 bits per heavy atom. The molecule has 0 saturated heterocycles. The normalized spacial score (nSPS) is 11.1. The molecule has 0 bridgehead atoms. The molecule has 98 valence electrons. The molecule has 2 heterocycles. The van der Waals surface area contributed by atoms with Crippen LogP contribution in [0, 0.1) is 0 Å². The Bertz CT molecular complexity index is 735. The number of nitrogens with two attached hydrogens (primary N) is 1. The van der Waals surface area contributed by atoms with E-state index < -0.39 is 0 Å². The lowest BCUT2D eigenvalue weighted by Crippen LogP contribution is -1.96. The highest BCUT2D eigenvalue weighted by atomic mass is 16.5. The lowest BCUT2D eigenvalue weighted by atomic mass is 10.1. The Hall–Kier alpha value is -2.43. The van der Waals surface area contributed by atoms with Crippen LogP contribution in [0.15, 0.2) is 30.5 Å². The first-order valence-corrected chi connectivity index (χ1v) is 6.03. The first-order chi connectivity index (χ1) is 9.11. The zero-order valence-electron chi connectivity index (χ0n) is 11.2. The van der Waals surface area contributed by atoms with E-state index in [0.717, 1.165) is 27.9 Å². The van der Waals surface area contributed by atoms with Gasteiger partial charge in [-0.3, -0.25) is 4.68 Å². The number of nitrogens with zero attached hydrogens (tertiary/aromatic N) is 3. The second-order valence-electron chi connectivity index (χ2n) is 4.58. The topological polar surface area (TPSA) is 58.0 Å². The van der Waals surface area contributed by atoms with Gasteiger partial charge in [-0.2, -0.15) is 5.10 Å². The number of hydrogen-bond donors (Lipinski definition) is 1. The minimum atomic E-state index is 0.648. The summed E-state index contributed by atoms with van der Waals surface area (Å²) in [6, 6.07) is 7.93. The third kappa shape index (κ3) is 1.66. The Labute approximate surface area is 111 Å². The maximum atomic E-state index is 5.85. The second kappa shape index (κ2) is 4.05. The quantitative estimate of drug-likeness (QED) is 0.764. The lowest BCUT2D eigenvalue weighted by Gasteiger charge is -2.07. The Kier molecular flexibility index (Phi) is 2.48. The van der Waals surface area contributed by atoms with E-state index >= 15 is 0 Å². The van der Waals surface area contributed by atoms with Gasteiger partial charge in [0.1, 0.15) is 11.6 Å². The van der Waals surface area contributed by atoms with Gasteiger partial charge in [0.15, 0.2) is 0 Å². The molecular weight excluding hydrogens is 240 g/mol. The molecule has 3 rings (SSSR count). The fourth-order valence-electron chi connectivity index (χ4n) is 2.38. The minimum absolute atomic E-state index is 0.648. The maximum Gasteiger partial charge on any atom is 0.143 e. The fraction of sp³-hybridized carbons (Fsp3) is 0.214. The second-order valence-corrected chi connectivity index (χ2v) is 4.58. The van der Waals surface area contributed by atoms with Crippen molar-refractivity contribution in [2.75, 3.05) is 12.8 Å². The van der Waals surface area contributed by atoms with Gasteiger partial charge < -0.3 is 15.0 Å². The van der Waals surface area contributed by atoms with Gasteiger partial charge in [0.25, 0.3) is 0 Å². The first kappa shape index (κ1) is 11.6. The Balaban J connectivity index is 2.31. The smallest absolute Gasteiger partial charge is 0.143 e. The van der Waals surface area contributed by atoms with Crippen LogP contribution in [0.3, 0.4) is 0 Å². The molecule has 0 unspecified atom stereocenters. The van der Waals surface area contributed by atoms with Gasteiger partial charge in [0.05, 0.1) is 18.3 Å². The predicted octanol–water partition coefficient (Wildman–Crippen LogP) is 2.17. The summed E-state index contributed by atoms with van der Waals surface area (Å²) in [4.78, 5) is 0. The van der Waals surface area contributed by atoms with Crippen molar-refractivity contribution in [1.82, 2.24) is 14.3 Å². The summed E-state index contributed by atoms with van der Waals surface area (Å²) in [6.45, 7) is 0. The first-order valence-electron chi connectivity index (χ1n) is 6.03. The summed E-state index contributed by atoms with van der Waals surface area (Å²) >= 11 is 0. The van der Waals surface area contributed by atoms with E-state index in [4.69, 9.17) is 10.5 Å². The van der Waals surface area contributed by atoms with Crippen molar-refractivity contribution < 1.29 is 4.74 Å². The zero-order chi connectivity index (χ0) is 13.6. The Morgan fingerprint density at radius 1 is 1.21 bits per heavy atom. The number of methoxy groups -OCH3 is 1. The molecule has 0 fully saturated rings. The fourth-order valence-corrected chi connectivity index (χ4v) is 2.38. The van der Waals surface area contributed by atoms with Crippen LogP contribution < -0.4 is 10.5 Å². The molecule has 19 heavy (non-hydrogen) atoms. The lowest BCUT2D eigenvalue weighted by molar-refractivity contribution is 0.418. The van der Waals surface area contributed by atoms with Crippen molar-refractivity contribution in [2.24, 2.45) is 14.1 Å². The van der Waals surface area contributed by atoms with Crippen LogP contribution in [0.2, 0.25) is 0 Å². The Morgan fingerprint density at radius 2 is 2.00 bits per heavy atom. The SMILES string of the molecule is COc1ccc(-c2cc(N)n(C)n2)c2ccn(C)c12. The number of aromatic nitrogens is 3. The molecule has 1 aromatic carbocycles. The van der Waals surface area contributed by atoms with E-state index in [1.165, 1.54) is 0 Å². The van der Waals surface area contributed by atoms with E-state index in [-0.39, 0.29) is 0 Å². The summed E-state index contributed by atoms with van der Waals surface area (Å²) in [7, 11) is 5.52. The number of hydrogen-bond acceptors (Lipinski definition) is 3. The molecule has 2 N–H and O–H groups in total. The molecule has 0 aliphatic rings. The van der Waals surface area contributed by atoms with Crippen molar-refractivity contribution in [3.05, 3.63) is 30.5 Å². The number of rotatable bonds is 2. The average molecular weight is 256 g/mol. The zero-order valence-corrected chi connectivity index (χ0v) is 11.2. The van der Waals surface area contributed by atoms with Crippen LogP contribution in [0.1, 0.15) is 0 Å². The molecule has 0 amide bonds. The molecular formula is C14H16N4O. The van der Waals surface area contributed by atoms with Crippen molar-refractivity contribution >= 4 is 16.7 Å². The summed E-state index contributed by atoms with van der Waals surface area (Å²) < 4.78 is 9.14. The number of benzene rings is 1. The maximum absolute atomic E-state index is 5.85. The molecule has 0 radical (unpaired) electrons. The highest BCUT2D eigenvalue weighted by molar-refractivity contribution is 5.98. The van der Waals surface area contributed by atoms with Crippen molar-refractivity contribution in [2.45, 2.75) is 0 Å². The van der Waals surface area contributed by atoms with E-state index in [1.807, 2.05) is 43.1 Å². The summed E-state index contributed by atoms with van der Waals surface area (Å²) in [5.41, 5.74) is 8.85. The van der Waals surface area contributed by atoms with Gasteiger partial charge in [0, 0.05) is 37.3 Å². The highest BCUT2D eigenvalue weighted by Crippen LogP contribution is 2.34. The number of anilines is 1. The van der Waals surface area contributed by atoms with Crippen molar-refractivity contribution in [3.8, 4) is 17.0 Å². The van der Waals surface area contributed by atoms with E-state index in [0.29, 0.717) is 5.82 Å². The van der Waals surface area contributed by atoms with Gasteiger partial charge in [0.2, 0.25) is 0 Å². The molecule has 0 atom stereocenters. The number of aryl methyl sites for hydroxylation is 2. The molecule has 2 aromatic heterocycles. The average Bonchev–Trinajstić information content (AvgIpc) is 2.94. The monoisotopic (exact) mass is 256 g/mol. The third-order valence-corrected chi connectivity index (χ3v) is 3.41. The molecule has 0 saturated carbocycles. The summed E-state index contributed by atoms with van der Waals surface area (Å²) in [5, 5.41) is 5.55. The minimum Gasteiger partial charge on any atom is -0.495 e. The van der Waals surface area contributed by atoms with Gasteiger partial charge in [-0.1, -0.05) is 0 Å². The molecule has 0 spiro atoms.